The van der Waals surface area contributed by atoms with Gasteiger partial charge in [-0.25, -0.2) is 9.59 Å². The van der Waals surface area contributed by atoms with Gasteiger partial charge in [0.2, 0.25) is 0 Å². The fourth-order valence-corrected chi connectivity index (χ4v) is 2.16. The van der Waals surface area contributed by atoms with E-state index < -0.39 is 54.5 Å². The van der Waals surface area contributed by atoms with Gasteiger partial charge in [0.1, 0.15) is 6.10 Å². The number of Topliss-reactive ketones (excluding diaryl/α,β-unsaturated/α-hetero) is 1. The highest BCUT2D eigenvalue weighted by Gasteiger charge is 2.48. The zero-order valence-corrected chi connectivity index (χ0v) is 12.4. The topological polar surface area (TPSA) is 173 Å². The molecule has 1 aromatic rings. The molecule has 0 aliphatic heterocycles. The zero-order chi connectivity index (χ0) is 18.5. The molecule has 1 aromatic carbocycles. The number of carboxylic acids is 2. The van der Waals surface area contributed by atoms with Crippen molar-refractivity contribution in [3.05, 3.63) is 35.9 Å². The molecule has 0 aromatic heterocycles. The zero-order valence-electron chi connectivity index (χ0n) is 12.4. The fourth-order valence-electron chi connectivity index (χ4n) is 2.16. The summed E-state index contributed by atoms with van der Waals surface area (Å²) in [6.45, 7) is 0. The standard InChI is InChI=1S/C8H6O3.C7H12O6/c9-7(8(10)11)6-4-2-1-3-5-6;8-3-1-7(13,6(11)12)2-4(9)5(3)10/h1-5H,(H,10,11);3-5,8-10,13H,1-2H2,(H,11,12)/t;3-,4?,5?,7?/m.1/s1. The van der Waals surface area contributed by atoms with Gasteiger partial charge in [-0.15, -0.1) is 0 Å². The molecule has 0 heterocycles. The quantitative estimate of drug-likeness (QED) is 0.286. The molecule has 1 fully saturated rings. The van der Waals surface area contributed by atoms with E-state index >= 15 is 0 Å². The average Bonchev–Trinajstić information content (AvgIpc) is 2.53. The van der Waals surface area contributed by atoms with Crippen molar-refractivity contribution in [1.29, 1.82) is 0 Å². The summed E-state index contributed by atoms with van der Waals surface area (Å²) in [4.78, 5) is 31.4. The van der Waals surface area contributed by atoms with Crippen molar-refractivity contribution in [3.8, 4) is 0 Å². The van der Waals surface area contributed by atoms with Crippen molar-refractivity contribution in [3.63, 3.8) is 0 Å². The third-order valence-electron chi connectivity index (χ3n) is 3.51. The average molecular weight is 342 g/mol. The number of carbonyl (C=O) groups is 3. The molecule has 9 heteroatoms. The maximum atomic E-state index is 10.7. The van der Waals surface area contributed by atoms with Gasteiger partial charge in [-0.05, 0) is 0 Å². The van der Waals surface area contributed by atoms with Crippen LogP contribution in [0.1, 0.15) is 23.2 Å². The molecule has 4 atom stereocenters. The summed E-state index contributed by atoms with van der Waals surface area (Å²) in [5.74, 6) is -3.79. The molecule has 24 heavy (non-hydrogen) atoms. The molecule has 6 N–H and O–H groups in total. The van der Waals surface area contributed by atoms with E-state index in [9.17, 15) is 19.5 Å². The SMILES string of the molecule is O=C(O)C(=O)c1ccccc1.O=C(O)C1(O)CC(O)C(O)[C@H](O)C1. The normalized spacial score (nSPS) is 29.1. The Kier molecular flexibility index (Phi) is 6.55. The predicted molar refractivity (Wildman–Crippen MR) is 78.2 cm³/mol. The summed E-state index contributed by atoms with van der Waals surface area (Å²) in [6, 6.07) is 7.90. The molecular weight excluding hydrogens is 324 g/mol. The minimum absolute atomic E-state index is 0.208. The van der Waals surface area contributed by atoms with Crippen LogP contribution in [0.4, 0.5) is 0 Å². The van der Waals surface area contributed by atoms with Gasteiger partial charge in [-0.1, -0.05) is 30.3 Å². The fraction of sp³-hybridized carbons (Fsp3) is 0.400. The first-order chi connectivity index (χ1) is 11.1. The number of carbonyl (C=O) groups excluding carboxylic acids is 1. The number of aliphatic carboxylic acids is 2. The number of aliphatic hydroxyl groups is 4. The molecule has 0 spiro atoms. The first-order valence-electron chi connectivity index (χ1n) is 6.91. The van der Waals surface area contributed by atoms with Gasteiger partial charge >= 0.3 is 11.9 Å². The maximum absolute atomic E-state index is 10.7. The van der Waals surface area contributed by atoms with Gasteiger partial charge in [0.05, 0.1) is 12.2 Å². The van der Waals surface area contributed by atoms with Crippen LogP contribution in [0.5, 0.6) is 0 Å². The Balaban J connectivity index is 0.000000243. The van der Waals surface area contributed by atoms with Crippen molar-refractivity contribution in [2.45, 2.75) is 36.8 Å². The van der Waals surface area contributed by atoms with Crippen LogP contribution in [0.15, 0.2) is 30.3 Å². The van der Waals surface area contributed by atoms with E-state index in [0.29, 0.717) is 0 Å². The monoisotopic (exact) mass is 342 g/mol. The Bertz CT molecular complexity index is 586. The van der Waals surface area contributed by atoms with E-state index in [1.54, 1.807) is 18.2 Å². The predicted octanol–water partition coefficient (Wildman–Crippen LogP) is -1.37. The maximum Gasteiger partial charge on any atom is 0.377 e. The largest absolute Gasteiger partial charge is 0.479 e. The minimum atomic E-state index is -2.14. The van der Waals surface area contributed by atoms with Gasteiger partial charge in [0, 0.05) is 18.4 Å². The minimum Gasteiger partial charge on any atom is -0.479 e. The van der Waals surface area contributed by atoms with Crippen LogP contribution in [0.2, 0.25) is 0 Å². The van der Waals surface area contributed by atoms with Gasteiger partial charge in [-0.3, -0.25) is 4.79 Å². The van der Waals surface area contributed by atoms with Crippen LogP contribution in [0.25, 0.3) is 0 Å². The second-order valence-electron chi connectivity index (χ2n) is 5.37. The Morgan fingerprint density at radius 3 is 1.75 bits per heavy atom. The van der Waals surface area contributed by atoms with E-state index in [2.05, 4.69) is 0 Å². The summed E-state index contributed by atoms with van der Waals surface area (Å²) in [5, 5.41) is 53.5. The summed E-state index contributed by atoms with van der Waals surface area (Å²) < 4.78 is 0. The number of ketones is 1. The highest BCUT2D eigenvalue weighted by molar-refractivity contribution is 6.39. The third kappa shape index (κ3) is 4.83. The molecule has 9 nitrogen and oxygen atoms in total. The lowest BCUT2D eigenvalue weighted by Crippen LogP contribution is -2.56. The number of carboxylic acid groups (broad SMARTS) is 2. The van der Waals surface area contributed by atoms with Gasteiger partial charge in [0.25, 0.3) is 5.78 Å². The lowest BCUT2D eigenvalue weighted by atomic mass is 9.80. The van der Waals surface area contributed by atoms with E-state index in [0.717, 1.165) is 0 Å². The Labute approximate surface area is 136 Å². The molecular formula is C15H18O9. The molecule has 0 bridgehead atoms. The van der Waals surface area contributed by atoms with E-state index in [-0.39, 0.29) is 5.56 Å². The van der Waals surface area contributed by atoms with Crippen molar-refractivity contribution >= 4 is 17.7 Å². The van der Waals surface area contributed by atoms with E-state index in [4.69, 9.17) is 25.5 Å². The highest BCUT2D eigenvalue weighted by Crippen LogP contribution is 2.29. The first kappa shape index (κ1) is 19.7. The summed E-state index contributed by atoms with van der Waals surface area (Å²) in [7, 11) is 0. The Hall–Kier alpha value is -2.33. The number of aliphatic hydroxyl groups excluding tert-OH is 3. The van der Waals surface area contributed by atoms with Crippen LogP contribution in [-0.2, 0) is 9.59 Å². The highest BCUT2D eigenvalue weighted by atomic mass is 16.4. The number of hydrogen-bond donors (Lipinski definition) is 6. The molecule has 0 radical (unpaired) electrons. The summed E-state index contributed by atoms with van der Waals surface area (Å²) in [6.07, 6.45) is -5.16. The molecule has 3 unspecified atom stereocenters. The van der Waals surface area contributed by atoms with Crippen molar-refractivity contribution < 1.29 is 45.0 Å². The van der Waals surface area contributed by atoms with Crippen molar-refractivity contribution in [2.75, 3.05) is 0 Å². The van der Waals surface area contributed by atoms with Crippen LogP contribution in [0, 0.1) is 0 Å². The van der Waals surface area contributed by atoms with Crippen LogP contribution >= 0.6 is 0 Å². The van der Waals surface area contributed by atoms with E-state index in [1.807, 2.05) is 0 Å². The van der Waals surface area contributed by atoms with Crippen LogP contribution in [-0.4, -0.2) is 72.3 Å². The van der Waals surface area contributed by atoms with Crippen molar-refractivity contribution in [1.82, 2.24) is 0 Å². The van der Waals surface area contributed by atoms with Crippen molar-refractivity contribution in [2.24, 2.45) is 0 Å². The van der Waals surface area contributed by atoms with Crippen LogP contribution in [0.3, 0.4) is 0 Å². The molecule has 1 saturated carbocycles. The lowest BCUT2D eigenvalue weighted by molar-refractivity contribution is -0.187. The summed E-state index contributed by atoms with van der Waals surface area (Å²) >= 11 is 0. The molecule has 0 amide bonds. The number of hydrogen-bond acceptors (Lipinski definition) is 7. The molecule has 1 aliphatic rings. The van der Waals surface area contributed by atoms with Crippen LogP contribution < -0.4 is 0 Å². The lowest BCUT2D eigenvalue weighted by Gasteiger charge is -2.37. The molecule has 2 rings (SSSR count). The summed E-state index contributed by atoms with van der Waals surface area (Å²) in [5.41, 5.74) is -1.93. The smallest absolute Gasteiger partial charge is 0.377 e. The second kappa shape index (κ2) is 7.97. The first-order valence-corrected chi connectivity index (χ1v) is 6.91. The van der Waals surface area contributed by atoms with Gasteiger partial charge < -0.3 is 30.6 Å². The molecule has 132 valence electrons. The Morgan fingerprint density at radius 1 is 0.917 bits per heavy atom. The Morgan fingerprint density at radius 2 is 1.38 bits per heavy atom. The number of benzene rings is 1. The van der Waals surface area contributed by atoms with Gasteiger partial charge in [-0.2, -0.15) is 0 Å². The molecule has 1 aliphatic carbocycles. The third-order valence-corrected chi connectivity index (χ3v) is 3.51. The number of rotatable bonds is 3. The van der Waals surface area contributed by atoms with Gasteiger partial charge in [0.15, 0.2) is 5.60 Å². The molecule has 0 saturated heterocycles. The second-order valence-corrected chi connectivity index (χ2v) is 5.37. The van der Waals surface area contributed by atoms with E-state index in [1.165, 1.54) is 12.1 Å².